The molecule has 30 heavy (non-hydrogen) atoms. The lowest BCUT2D eigenvalue weighted by Crippen LogP contribution is -2.51. The van der Waals surface area contributed by atoms with Gasteiger partial charge >= 0.3 is 0 Å². The molecule has 2 aromatic rings. The maximum Gasteiger partial charge on any atom is 0.178 e. The number of anilines is 3. The largest absolute Gasteiger partial charge is 0.492 e. The Labute approximate surface area is 177 Å². The summed E-state index contributed by atoms with van der Waals surface area (Å²) in [7, 11) is 1.44. The molecule has 162 valence electrons. The molecule has 2 heterocycles. The Balaban J connectivity index is 2.06. The molecular weight excluding hydrogens is 384 g/mol. The van der Waals surface area contributed by atoms with Gasteiger partial charge in [0.15, 0.2) is 11.6 Å². The lowest BCUT2D eigenvalue weighted by atomic mass is 9.66. The molecule has 2 aromatic carbocycles. The van der Waals surface area contributed by atoms with Gasteiger partial charge in [-0.2, -0.15) is 0 Å². The first kappa shape index (κ1) is 20.9. The van der Waals surface area contributed by atoms with E-state index in [9.17, 15) is 4.39 Å². The Bertz CT molecular complexity index is 948. The molecule has 0 aromatic heterocycles. The van der Waals surface area contributed by atoms with Gasteiger partial charge in [0.2, 0.25) is 0 Å². The zero-order valence-electron chi connectivity index (χ0n) is 18.2. The number of methoxy groups -OCH3 is 1. The topological polar surface area (TPSA) is 50.5 Å². The number of nitrogens with one attached hydrogen (secondary N) is 1. The molecule has 2 aliphatic heterocycles. The highest BCUT2D eigenvalue weighted by Crippen LogP contribution is 2.60. The summed E-state index contributed by atoms with van der Waals surface area (Å²) in [6.45, 7) is 8.14. The van der Waals surface area contributed by atoms with Gasteiger partial charge in [0, 0.05) is 23.1 Å². The summed E-state index contributed by atoms with van der Waals surface area (Å²) >= 11 is 0. The van der Waals surface area contributed by atoms with Crippen LogP contribution in [0.15, 0.2) is 30.3 Å². The van der Waals surface area contributed by atoms with E-state index >= 15 is 4.39 Å². The fourth-order valence-corrected chi connectivity index (χ4v) is 5.37. The van der Waals surface area contributed by atoms with Crippen LogP contribution in [0, 0.1) is 17.0 Å². The molecule has 0 radical (unpaired) electrons. The van der Waals surface area contributed by atoms with Crippen molar-refractivity contribution in [3.05, 3.63) is 47.5 Å². The average molecular weight is 416 g/mol. The number of ether oxygens (including phenoxy) is 1. The maximum absolute atomic E-state index is 15.5. The third kappa shape index (κ3) is 3.22. The summed E-state index contributed by atoms with van der Waals surface area (Å²) < 4.78 is 35.9. The van der Waals surface area contributed by atoms with Crippen LogP contribution in [0.3, 0.4) is 0 Å². The van der Waals surface area contributed by atoms with Crippen molar-refractivity contribution in [1.29, 1.82) is 0 Å². The number of nitrogens with two attached hydrogens (primary N) is 1. The first-order valence-electron chi connectivity index (χ1n) is 10.6. The van der Waals surface area contributed by atoms with Gasteiger partial charge < -0.3 is 20.7 Å². The number of piperidine rings is 1. The first-order valence-corrected chi connectivity index (χ1v) is 10.6. The third-order valence-electron chi connectivity index (χ3n) is 6.55. The van der Waals surface area contributed by atoms with Crippen molar-refractivity contribution >= 4 is 17.1 Å². The normalized spacial score (nSPS) is 20.5. The van der Waals surface area contributed by atoms with Gasteiger partial charge in [0.1, 0.15) is 5.82 Å². The van der Waals surface area contributed by atoms with E-state index in [0.717, 1.165) is 44.1 Å². The smallest absolute Gasteiger partial charge is 0.178 e. The highest BCUT2D eigenvalue weighted by atomic mass is 19.1. The van der Waals surface area contributed by atoms with Crippen LogP contribution in [0.1, 0.15) is 45.6 Å². The van der Waals surface area contributed by atoms with E-state index in [2.05, 4.69) is 31.0 Å². The number of nitrogen functional groups attached to an aromatic ring is 1. The SMILES string of the molecule is COc1c(F)cc(F)c2c1N(c1ccccc1N)C(CC(C)(C)C)C21CCNCC1. The Morgan fingerprint density at radius 3 is 2.43 bits per heavy atom. The van der Waals surface area contributed by atoms with Crippen LogP contribution in [-0.2, 0) is 5.41 Å². The standard InChI is InChI=1S/C24H31F2N3O/c1-23(2,3)14-19-24(9-11-28-12-10-24)20-15(25)13-16(26)22(30-4)21(20)29(19)18-8-6-5-7-17(18)27/h5-8,13,19,28H,9-12,14,27H2,1-4H3. The molecule has 0 bridgehead atoms. The summed E-state index contributed by atoms with van der Waals surface area (Å²) in [4.78, 5) is 2.06. The number of hydrogen-bond acceptors (Lipinski definition) is 4. The van der Waals surface area contributed by atoms with Gasteiger partial charge in [-0.3, -0.25) is 0 Å². The van der Waals surface area contributed by atoms with Crippen LogP contribution in [-0.4, -0.2) is 26.2 Å². The quantitative estimate of drug-likeness (QED) is 0.682. The number of rotatable bonds is 3. The monoisotopic (exact) mass is 415 g/mol. The van der Waals surface area contributed by atoms with Crippen LogP contribution in [0.4, 0.5) is 25.8 Å². The molecule has 2 aliphatic rings. The second-order valence-electron chi connectivity index (χ2n) is 9.71. The van der Waals surface area contributed by atoms with E-state index in [1.165, 1.54) is 7.11 Å². The number of fused-ring (bicyclic) bond motifs is 2. The summed E-state index contributed by atoms with van der Waals surface area (Å²) in [5.41, 5.74) is 8.34. The molecule has 3 N–H and O–H groups in total. The van der Waals surface area contributed by atoms with Crippen molar-refractivity contribution in [1.82, 2.24) is 5.32 Å². The number of para-hydroxylation sites is 2. The molecule has 4 rings (SSSR count). The van der Waals surface area contributed by atoms with E-state index < -0.39 is 17.0 Å². The highest BCUT2D eigenvalue weighted by molar-refractivity contribution is 5.85. The first-order chi connectivity index (χ1) is 14.2. The zero-order valence-corrected chi connectivity index (χ0v) is 18.2. The van der Waals surface area contributed by atoms with E-state index in [1.54, 1.807) is 0 Å². The lowest BCUT2D eigenvalue weighted by molar-refractivity contribution is 0.212. The summed E-state index contributed by atoms with van der Waals surface area (Å²) in [6, 6.07) is 8.46. The number of nitrogens with zero attached hydrogens (tertiary/aromatic N) is 1. The van der Waals surface area contributed by atoms with Gasteiger partial charge in [-0.1, -0.05) is 32.9 Å². The molecule has 0 amide bonds. The number of benzene rings is 2. The molecule has 6 heteroatoms. The average Bonchev–Trinajstić information content (AvgIpc) is 2.92. The summed E-state index contributed by atoms with van der Waals surface area (Å²) in [6.07, 6.45) is 2.35. The van der Waals surface area contributed by atoms with Crippen LogP contribution in [0.5, 0.6) is 5.75 Å². The van der Waals surface area contributed by atoms with Gasteiger partial charge in [-0.15, -0.1) is 0 Å². The molecule has 1 atom stereocenters. The molecule has 1 spiro atoms. The zero-order chi connectivity index (χ0) is 21.7. The second-order valence-corrected chi connectivity index (χ2v) is 9.71. The van der Waals surface area contributed by atoms with Crippen molar-refractivity contribution in [2.45, 2.75) is 51.5 Å². The highest BCUT2D eigenvalue weighted by Gasteiger charge is 2.55. The lowest BCUT2D eigenvalue weighted by Gasteiger charge is -2.45. The van der Waals surface area contributed by atoms with Crippen molar-refractivity contribution < 1.29 is 13.5 Å². The van der Waals surface area contributed by atoms with Crippen molar-refractivity contribution in [3.8, 4) is 5.75 Å². The summed E-state index contributed by atoms with van der Waals surface area (Å²) in [5.74, 6) is -1.10. The maximum atomic E-state index is 15.5. The summed E-state index contributed by atoms with van der Waals surface area (Å²) in [5, 5.41) is 3.40. The molecule has 0 aliphatic carbocycles. The van der Waals surface area contributed by atoms with E-state index in [0.29, 0.717) is 16.9 Å². The minimum absolute atomic E-state index is 0.0192. The van der Waals surface area contributed by atoms with Crippen molar-refractivity contribution in [2.24, 2.45) is 5.41 Å². The molecule has 4 nitrogen and oxygen atoms in total. The third-order valence-corrected chi connectivity index (χ3v) is 6.55. The fraction of sp³-hybridized carbons (Fsp3) is 0.500. The minimum atomic E-state index is -0.686. The fourth-order valence-electron chi connectivity index (χ4n) is 5.37. The molecular formula is C24H31F2N3O. The minimum Gasteiger partial charge on any atom is -0.492 e. The van der Waals surface area contributed by atoms with E-state index in [-0.39, 0.29) is 17.2 Å². The molecule has 1 fully saturated rings. The predicted molar refractivity (Wildman–Crippen MR) is 118 cm³/mol. The Morgan fingerprint density at radius 1 is 1.17 bits per heavy atom. The number of halogens is 2. The predicted octanol–water partition coefficient (Wildman–Crippen LogP) is 5.13. The van der Waals surface area contributed by atoms with E-state index in [1.807, 2.05) is 24.3 Å². The van der Waals surface area contributed by atoms with Gasteiger partial charge in [-0.25, -0.2) is 8.78 Å². The Hall–Kier alpha value is -2.34. The molecule has 0 saturated carbocycles. The van der Waals surface area contributed by atoms with Crippen LogP contribution >= 0.6 is 0 Å². The van der Waals surface area contributed by atoms with Crippen LogP contribution in [0.2, 0.25) is 0 Å². The van der Waals surface area contributed by atoms with Crippen LogP contribution < -0.4 is 20.7 Å². The van der Waals surface area contributed by atoms with Crippen LogP contribution in [0.25, 0.3) is 0 Å². The second kappa shape index (κ2) is 7.41. The van der Waals surface area contributed by atoms with E-state index in [4.69, 9.17) is 10.5 Å². The number of hydrogen-bond donors (Lipinski definition) is 2. The Morgan fingerprint density at radius 2 is 1.83 bits per heavy atom. The van der Waals surface area contributed by atoms with Gasteiger partial charge in [-0.05, 0) is 49.9 Å². The van der Waals surface area contributed by atoms with Crippen molar-refractivity contribution in [2.75, 3.05) is 30.8 Å². The van der Waals surface area contributed by atoms with Crippen molar-refractivity contribution in [3.63, 3.8) is 0 Å². The molecule has 1 saturated heterocycles. The molecule has 1 unspecified atom stereocenters. The van der Waals surface area contributed by atoms with Gasteiger partial charge in [0.25, 0.3) is 0 Å². The van der Waals surface area contributed by atoms with Gasteiger partial charge in [0.05, 0.1) is 24.2 Å². The Kier molecular flexibility index (Phi) is 5.17.